The monoisotopic (exact) mass is 268 g/mol. The van der Waals surface area contributed by atoms with Crippen LogP contribution in [-0.2, 0) is 0 Å². The second-order valence-corrected chi connectivity index (χ2v) is 4.77. The molecule has 1 atom stereocenters. The summed E-state index contributed by atoms with van der Waals surface area (Å²) in [6.07, 6.45) is -0.603. The third kappa shape index (κ3) is 6.17. The van der Waals surface area contributed by atoms with Crippen LogP contribution in [0.3, 0.4) is 0 Å². The van der Waals surface area contributed by atoms with E-state index in [0.717, 1.165) is 6.54 Å². The van der Waals surface area contributed by atoms with Gasteiger partial charge >= 0.3 is 0 Å². The minimum atomic E-state index is -0.603. The van der Waals surface area contributed by atoms with E-state index < -0.39 is 11.0 Å². The average Bonchev–Trinajstić information content (AvgIpc) is 2.36. The summed E-state index contributed by atoms with van der Waals surface area (Å²) in [5.41, 5.74) is 0.0199. The third-order valence-corrected chi connectivity index (χ3v) is 2.42. The molecular weight excluding hydrogens is 248 g/mol. The summed E-state index contributed by atoms with van der Waals surface area (Å²) < 4.78 is 5.35. The van der Waals surface area contributed by atoms with Gasteiger partial charge in [-0.2, -0.15) is 0 Å². The Balaban J connectivity index is 2.29. The number of nitrogens with zero attached hydrogens (tertiary/aromatic N) is 1. The highest BCUT2D eigenvalue weighted by molar-refractivity contribution is 5.35. The lowest BCUT2D eigenvalue weighted by molar-refractivity contribution is -0.384. The first kappa shape index (κ1) is 15.4. The molecule has 0 unspecified atom stereocenters. The largest absolute Gasteiger partial charge is 0.491 e. The molecule has 0 saturated carbocycles. The Labute approximate surface area is 112 Å². The molecule has 1 aromatic rings. The number of aliphatic hydroxyl groups excluding tert-OH is 1. The number of nitro groups is 1. The van der Waals surface area contributed by atoms with E-state index >= 15 is 0 Å². The number of benzene rings is 1. The fourth-order valence-corrected chi connectivity index (χ4v) is 1.45. The van der Waals surface area contributed by atoms with Crippen LogP contribution in [0, 0.1) is 16.0 Å². The van der Waals surface area contributed by atoms with Crippen molar-refractivity contribution in [1.82, 2.24) is 5.32 Å². The second-order valence-electron chi connectivity index (χ2n) is 4.77. The molecule has 0 spiro atoms. The summed E-state index contributed by atoms with van der Waals surface area (Å²) in [6, 6.07) is 5.79. The van der Waals surface area contributed by atoms with Gasteiger partial charge in [0.15, 0.2) is 0 Å². The highest BCUT2D eigenvalue weighted by Crippen LogP contribution is 2.17. The Hall–Kier alpha value is -1.66. The molecule has 0 aromatic heterocycles. The van der Waals surface area contributed by atoms with E-state index in [9.17, 15) is 15.2 Å². The smallest absolute Gasteiger partial charge is 0.269 e. The van der Waals surface area contributed by atoms with E-state index in [2.05, 4.69) is 19.2 Å². The van der Waals surface area contributed by atoms with Crippen LogP contribution < -0.4 is 10.1 Å². The molecule has 106 valence electrons. The number of nitro benzene ring substituents is 1. The number of nitrogens with one attached hydrogen (secondary N) is 1. The molecule has 0 saturated heterocycles. The minimum absolute atomic E-state index is 0.0199. The van der Waals surface area contributed by atoms with Crippen molar-refractivity contribution in [2.45, 2.75) is 20.0 Å². The van der Waals surface area contributed by atoms with Gasteiger partial charge in [0.05, 0.1) is 4.92 Å². The number of hydrogen-bond acceptors (Lipinski definition) is 5. The maximum absolute atomic E-state index is 10.5. The Morgan fingerprint density at radius 3 is 2.47 bits per heavy atom. The molecule has 0 amide bonds. The van der Waals surface area contributed by atoms with Crippen LogP contribution in [0.2, 0.25) is 0 Å². The van der Waals surface area contributed by atoms with Gasteiger partial charge in [-0.25, -0.2) is 0 Å². The van der Waals surface area contributed by atoms with Gasteiger partial charge in [0.2, 0.25) is 0 Å². The van der Waals surface area contributed by atoms with Crippen molar-refractivity contribution in [3.05, 3.63) is 34.4 Å². The van der Waals surface area contributed by atoms with Crippen molar-refractivity contribution in [2.75, 3.05) is 19.7 Å². The van der Waals surface area contributed by atoms with Crippen LogP contribution in [0.25, 0.3) is 0 Å². The molecule has 0 heterocycles. The number of aliphatic hydroxyl groups is 1. The zero-order chi connectivity index (χ0) is 14.3. The summed E-state index contributed by atoms with van der Waals surface area (Å²) in [5, 5.41) is 23.3. The summed E-state index contributed by atoms with van der Waals surface area (Å²) in [7, 11) is 0. The van der Waals surface area contributed by atoms with Crippen LogP contribution in [0.5, 0.6) is 5.75 Å². The number of non-ortho nitro benzene ring substituents is 1. The molecule has 6 heteroatoms. The van der Waals surface area contributed by atoms with Crippen molar-refractivity contribution in [3.63, 3.8) is 0 Å². The van der Waals surface area contributed by atoms with Gasteiger partial charge in [-0.1, -0.05) is 13.8 Å². The second kappa shape index (κ2) is 7.70. The lowest BCUT2D eigenvalue weighted by Gasteiger charge is -2.14. The Bertz CT molecular complexity index is 392. The molecule has 0 aliphatic heterocycles. The molecule has 6 nitrogen and oxygen atoms in total. The molecule has 0 bridgehead atoms. The topological polar surface area (TPSA) is 84.6 Å². The SMILES string of the molecule is CC(C)CNC[C@@H](O)COc1ccc([N+](=O)[O-])cc1. The fraction of sp³-hybridized carbons (Fsp3) is 0.538. The maximum atomic E-state index is 10.5. The van der Waals surface area contributed by atoms with Gasteiger partial charge in [-0.3, -0.25) is 10.1 Å². The molecule has 0 radical (unpaired) electrons. The number of ether oxygens (including phenoxy) is 1. The van der Waals surface area contributed by atoms with Crippen molar-refractivity contribution < 1.29 is 14.8 Å². The Morgan fingerprint density at radius 2 is 1.95 bits per heavy atom. The lowest BCUT2D eigenvalue weighted by Crippen LogP contribution is -2.33. The number of rotatable bonds is 8. The van der Waals surface area contributed by atoms with Gasteiger partial charge in [0.25, 0.3) is 5.69 Å². The third-order valence-electron chi connectivity index (χ3n) is 2.42. The first-order chi connectivity index (χ1) is 8.99. The van der Waals surface area contributed by atoms with Gasteiger partial charge in [0.1, 0.15) is 18.5 Å². The lowest BCUT2D eigenvalue weighted by atomic mass is 10.2. The normalized spacial score (nSPS) is 12.4. The highest BCUT2D eigenvalue weighted by Gasteiger charge is 2.07. The van der Waals surface area contributed by atoms with Crippen LogP contribution >= 0.6 is 0 Å². The zero-order valence-corrected chi connectivity index (χ0v) is 11.2. The van der Waals surface area contributed by atoms with Gasteiger partial charge in [0, 0.05) is 18.7 Å². The molecule has 0 aliphatic carbocycles. The zero-order valence-electron chi connectivity index (χ0n) is 11.2. The summed E-state index contributed by atoms with van der Waals surface area (Å²) in [5.74, 6) is 1.04. The predicted octanol–water partition coefficient (Wildman–Crippen LogP) is 1.58. The fourth-order valence-electron chi connectivity index (χ4n) is 1.45. The molecule has 19 heavy (non-hydrogen) atoms. The summed E-state index contributed by atoms with van der Waals surface area (Å²) >= 11 is 0. The molecule has 1 rings (SSSR count). The highest BCUT2D eigenvalue weighted by atomic mass is 16.6. The van der Waals surface area contributed by atoms with Crippen LogP contribution in [0.15, 0.2) is 24.3 Å². The minimum Gasteiger partial charge on any atom is -0.491 e. The van der Waals surface area contributed by atoms with Crippen LogP contribution in [0.4, 0.5) is 5.69 Å². The van der Waals surface area contributed by atoms with Crippen molar-refractivity contribution in [1.29, 1.82) is 0 Å². The van der Waals surface area contributed by atoms with E-state index in [1.54, 1.807) is 0 Å². The Kier molecular flexibility index (Phi) is 6.24. The van der Waals surface area contributed by atoms with Gasteiger partial charge < -0.3 is 15.2 Å². The molecule has 0 fully saturated rings. The summed E-state index contributed by atoms with van der Waals surface area (Å²) in [6.45, 7) is 5.64. The standard InChI is InChI=1S/C13H20N2O4/c1-10(2)7-14-8-12(16)9-19-13-5-3-11(4-6-13)15(17)18/h3-6,10,12,14,16H,7-9H2,1-2H3/t12-/m1/s1. The van der Waals surface area contributed by atoms with Crippen molar-refractivity contribution in [2.24, 2.45) is 5.92 Å². The number of hydrogen-bond donors (Lipinski definition) is 2. The van der Waals surface area contributed by atoms with Gasteiger partial charge in [-0.15, -0.1) is 0 Å². The van der Waals surface area contributed by atoms with E-state index in [0.29, 0.717) is 18.2 Å². The quantitative estimate of drug-likeness (QED) is 0.552. The first-order valence-corrected chi connectivity index (χ1v) is 6.25. The molecular formula is C13H20N2O4. The molecule has 1 aromatic carbocycles. The van der Waals surface area contributed by atoms with Crippen molar-refractivity contribution in [3.8, 4) is 5.75 Å². The Morgan fingerprint density at radius 1 is 1.32 bits per heavy atom. The summed E-state index contributed by atoms with van der Waals surface area (Å²) in [4.78, 5) is 10.0. The average molecular weight is 268 g/mol. The molecule has 0 aliphatic rings. The van der Waals surface area contributed by atoms with Crippen LogP contribution in [-0.4, -0.2) is 35.8 Å². The van der Waals surface area contributed by atoms with Gasteiger partial charge in [-0.05, 0) is 24.6 Å². The van der Waals surface area contributed by atoms with Crippen molar-refractivity contribution >= 4 is 5.69 Å². The van der Waals surface area contributed by atoms with Crippen LogP contribution in [0.1, 0.15) is 13.8 Å². The first-order valence-electron chi connectivity index (χ1n) is 6.25. The molecule has 2 N–H and O–H groups in total. The van der Waals surface area contributed by atoms with E-state index in [1.807, 2.05) is 0 Å². The van der Waals surface area contributed by atoms with E-state index in [-0.39, 0.29) is 12.3 Å². The predicted molar refractivity (Wildman–Crippen MR) is 72.3 cm³/mol. The van der Waals surface area contributed by atoms with E-state index in [4.69, 9.17) is 4.74 Å². The maximum Gasteiger partial charge on any atom is 0.269 e. The van der Waals surface area contributed by atoms with E-state index in [1.165, 1.54) is 24.3 Å².